The van der Waals surface area contributed by atoms with Gasteiger partial charge in [-0.05, 0) is 81.9 Å². The van der Waals surface area contributed by atoms with Crippen molar-refractivity contribution in [1.82, 2.24) is 15.1 Å². The number of aliphatic hydroxyl groups is 2. The second-order valence-corrected chi connectivity index (χ2v) is 18.5. The van der Waals surface area contributed by atoms with Crippen LogP contribution in [0.2, 0.25) is 0 Å². The molecule has 18 atom stereocenters. The summed E-state index contributed by atoms with van der Waals surface area (Å²) in [5.41, 5.74) is -3.62. The highest BCUT2D eigenvalue weighted by atomic mass is 16.7. The van der Waals surface area contributed by atoms with Crippen LogP contribution in [0.4, 0.5) is 4.79 Å². The van der Waals surface area contributed by atoms with Crippen molar-refractivity contribution >= 4 is 17.8 Å². The number of ketones is 1. The topological polar surface area (TPSA) is 184 Å². The number of nitrogens with zero attached hydrogens (tertiary/aromatic N) is 2. The first-order valence-corrected chi connectivity index (χ1v) is 21.1. The van der Waals surface area contributed by atoms with E-state index >= 15 is 0 Å². The predicted molar refractivity (Wildman–Crippen MR) is 214 cm³/mol. The van der Waals surface area contributed by atoms with Crippen LogP contribution in [-0.4, -0.2) is 171 Å². The molecular weight excluding hydrogens is 754 g/mol. The number of hydrogen-bond acceptors (Lipinski definition) is 15. The Morgan fingerprint density at radius 2 is 1.50 bits per heavy atom. The lowest BCUT2D eigenvalue weighted by Crippen LogP contribution is -2.62. The number of rotatable bonds is 11. The fraction of sp³-hybridized carbons (Fsp3) is 0.929. The number of alkyl carbamates (subject to hydrolysis) is 1. The van der Waals surface area contributed by atoms with E-state index in [1.165, 1.54) is 7.11 Å². The molecule has 0 aromatic rings. The molecule has 0 aromatic heterocycles. The molecule has 4 fully saturated rings. The van der Waals surface area contributed by atoms with E-state index < -0.39 is 108 Å². The summed E-state index contributed by atoms with van der Waals surface area (Å²) in [5.74, 6) is -3.80. The average Bonchev–Trinajstić information content (AvgIpc) is 3.49. The molecule has 0 aliphatic carbocycles. The fourth-order valence-corrected chi connectivity index (χ4v) is 9.79. The Kier molecular flexibility index (Phi) is 16.3. The van der Waals surface area contributed by atoms with E-state index in [9.17, 15) is 24.6 Å². The number of esters is 1. The number of carbonyl (C=O) groups excluding carboxylic acids is 3. The van der Waals surface area contributed by atoms with E-state index in [4.69, 9.17) is 37.9 Å². The first-order valence-electron chi connectivity index (χ1n) is 21.1. The lowest BCUT2D eigenvalue weighted by atomic mass is 9.73. The molecule has 16 heteroatoms. The van der Waals surface area contributed by atoms with Gasteiger partial charge in [-0.25, -0.2) is 4.79 Å². The summed E-state index contributed by atoms with van der Waals surface area (Å²) in [6, 6.07) is -1.10. The minimum atomic E-state index is -1.36. The molecule has 4 rings (SSSR count). The molecule has 0 bridgehead atoms. The highest BCUT2D eigenvalue weighted by Crippen LogP contribution is 2.43. The number of fused-ring (bicyclic) bond motifs is 1. The molecule has 4 aliphatic rings. The van der Waals surface area contributed by atoms with Crippen LogP contribution in [0.5, 0.6) is 0 Å². The Bertz CT molecular complexity index is 1410. The number of Topliss-reactive ketones (excluding diaryl/α,β-unsaturated/α-hetero) is 1. The molecule has 4 saturated heterocycles. The maximum absolute atomic E-state index is 14.5. The number of cyclic esters (lactones) is 1. The van der Waals surface area contributed by atoms with Crippen molar-refractivity contribution in [1.29, 1.82) is 0 Å². The van der Waals surface area contributed by atoms with Crippen molar-refractivity contribution in [3.05, 3.63) is 0 Å². The molecular formula is C42H75N3O13. The SMILES string of the molecule is CC[C@H]1OC(=O)[C@H](C)[C@@H](O[C@H]2C[C@@](C)(OC)[C@@H](O)[C@H](C)O2)[C@H](C)[C@@H](O[C@@H]2O[C@H](C)C[C@H](N(C)CCN(C)C)[C@H]2O)[C@@](C)(OC)C[C@@H](C)C(=O)[C@H](C)[C@H]2NC(=O)O[C@@]21C. The van der Waals surface area contributed by atoms with Crippen molar-refractivity contribution in [2.45, 2.75) is 179 Å². The van der Waals surface area contributed by atoms with Gasteiger partial charge >= 0.3 is 12.1 Å². The Hall–Kier alpha value is -1.99. The van der Waals surface area contributed by atoms with Gasteiger partial charge < -0.3 is 58.3 Å². The van der Waals surface area contributed by atoms with E-state index in [0.717, 1.165) is 6.54 Å². The van der Waals surface area contributed by atoms with Gasteiger partial charge in [0.1, 0.15) is 24.1 Å². The van der Waals surface area contributed by atoms with E-state index in [2.05, 4.69) is 15.1 Å². The van der Waals surface area contributed by atoms with Gasteiger partial charge in [0.25, 0.3) is 0 Å². The lowest BCUT2D eigenvalue weighted by Gasteiger charge is -2.50. The van der Waals surface area contributed by atoms with Crippen LogP contribution >= 0.6 is 0 Å². The predicted octanol–water partition coefficient (Wildman–Crippen LogP) is 3.13. The minimum Gasteiger partial charge on any atom is -0.458 e. The van der Waals surface area contributed by atoms with Gasteiger partial charge in [-0.3, -0.25) is 14.5 Å². The maximum Gasteiger partial charge on any atom is 0.408 e. The first kappa shape index (κ1) is 48.7. The number of methoxy groups -OCH3 is 2. The van der Waals surface area contributed by atoms with Crippen LogP contribution in [0, 0.1) is 23.7 Å². The zero-order valence-electron chi connectivity index (χ0n) is 37.7. The summed E-state index contributed by atoms with van der Waals surface area (Å²) in [5, 5.41) is 25.9. The minimum absolute atomic E-state index is 0.137. The Labute approximate surface area is 346 Å². The summed E-state index contributed by atoms with van der Waals surface area (Å²) < 4.78 is 50.8. The van der Waals surface area contributed by atoms with Crippen LogP contribution < -0.4 is 5.32 Å². The third kappa shape index (κ3) is 10.2. The number of likely N-dealkylation sites (N-methyl/N-ethyl adjacent to an activating group) is 2. The summed E-state index contributed by atoms with van der Waals surface area (Å²) in [4.78, 5) is 46.0. The van der Waals surface area contributed by atoms with Gasteiger partial charge in [0.15, 0.2) is 18.2 Å². The second kappa shape index (κ2) is 19.4. The van der Waals surface area contributed by atoms with Gasteiger partial charge in [0.2, 0.25) is 0 Å². The molecule has 0 saturated carbocycles. The standard InChI is InChI=1S/C42H75N3O13/c1-16-29-42(10)34(43-39(50)58-42)24(4)31(46)22(2)20-41(9,52-15)36(57-38-32(47)28(19-23(3)53-38)45(13)18-17-44(11)12)25(5)33(26(6)37(49)55-29)56-30-21-40(8,51-14)35(48)27(7)54-30/h22-30,32-36,38,47-48H,16-21H2,1-15H3,(H,43,50)/t22-,23-,24+,25+,26-,27+,28+,29-,30+,32-,33+,34-,35+,36-,38+,40-,41+,42-/m1/s1. The molecule has 0 radical (unpaired) electrons. The van der Waals surface area contributed by atoms with Crippen LogP contribution in [0.1, 0.15) is 94.9 Å². The van der Waals surface area contributed by atoms with E-state index in [1.54, 1.807) is 41.7 Å². The number of aliphatic hydroxyl groups excluding tert-OH is 2. The van der Waals surface area contributed by atoms with Crippen LogP contribution in [0.3, 0.4) is 0 Å². The molecule has 336 valence electrons. The molecule has 4 aliphatic heterocycles. The molecule has 0 unspecified atom stereocenters. The fourth-order valence-electron chi connectivity index (χ4n) is 9.79. The summed E-state index contributed by atoms with van der Waals surface area (Å²) in [6.07, 6.45) is -7.41. The van der Waals surface area contributed by atoms with Gasteiger partial charge in [0.05, 0.1) is 47.6 Å². The summed E-state index contributed by atoms with van der Waals surface area (Å²) in [6.45, 7) is 19.5. The average molecular weight is 830 g/mol. The molecule has 4 heterocycles. The Morgan fingerprint density at radius 3 is 2.09 bits per heavy atom. The molecule has 3 N–H and O–H groups in total. The van der Waals surface area contributed by atoms with Gasteiger partial charge in [-0.2, -0.15) is 0 Å². The van der Waals surface area contributed by atoms with Crippen molar-refractivity contribution in [3.63, 3.8) is 0 Å². The Morgan fingerprint density at radius 1 is 0.862 bits per heavy atom. The van der Waals surface area contributed by atoms with Gasteiger partial charge in [-0.1, -0.05) is 27.7 Å². The largest absolute Gasteiger partial charge is 0.458 e. The highest BCUT2D eigenvalue weighted by Gasteiger charge is 2.58. The van der Waals surface area contributed by atoms with Crippen LogP contribution in [0.15, 0.2) is 0 Å². The first-order chi connectivity index (χ1) is 27.0. The second-order valence-electron chi connectivity index (χ2n) is 18.5. The number of carbonyl (C=O) groups is 3. The van der Waals surface area contributed by atoms with Crippen molar-refractivity contribution < 1.29 is 62.5 Å². The molecule has 58 heavy (non-hydrogen) atoms. The van der Waals surface area contributed by atoms with E-state index in [-0.39, 0.29) is 37.2 Å². The van der Waals surface area contributed by atoms with Crippen LogP contribution in [0.25, 0.3) is 0 Å². The maximum atomic E-state index is 14.5. The molecule has 1 amide bonds. The van der Waals surface area contributed by atoms with Crippen molar-refractivity contribution in [2.75, 3.05) is 48.5 Å². The van der Waals surface area contributed by atoms with Gasteiger partial charge in [-0.15, -0.1) is 0 Å². The summed E-state index contributed by atoms with van der Waals surface area (Å²) in [7, 11) is 9.04. The summed E-state index contributed by atoms with van der Waals surface area (Å²) >= 11 is 0. The van der Waals surface area contributed by atoms with Crippen molar-refractivity contribution in [2.24, 2.45) is 23.7 Å². The quantitative estimate of drug-likeness (QED) is 0.258. The molecule has 16 nitrogen and oxygen atoms in total. The highest BCUT2D eigenvalue weighted by molar-refractivity contribution is 5.85. The van der Waals surface area contributed by atoms with E-state index in [1.807, 2.05) is 55.8 Å². The van der Waals surface area contributed by atoms with Crippen molar-refractivity contribution in [3.8, 4) is 0 Å². The van der Waals surface area contributed by atoms with E-state index in [0.29, 0.717) is 13.0 Å². The molecule has 0 aromatic carbocycles. The number of nitrogens with one attached hydrogen (secondary N) is 1. The number of amides is 1. The van der Waals surface area contributed by atoms with Gasteiger partial charge in [0, 0.05) is 57.5 Å². The number of hydrogen-bond donors (Lipinski definition) is 3. The third-order valence-corrected chi connectivity index (χ3v) is 13.7. The number of ether oxygens (including phenoxy) is 8. The third-order valence-electron chi connectivity index (χ3n) is 13.7. The molecule has 0 spiro atoms. The lowest BCUT2D eigenvalue weighted by molar-refractivity contribution is -0.319. The zero-order chi connectivity index (χ0) is 43.7. The zero-order valence-corrected chi connectivity index (χ0v) is 37.7. The Balaban J connectivity index is 1.85. The van der Waals surface area contributed by atoms with Crippen LogP contribution in [-0.2, 0) is 47.5 Å². The monoisotopic (exact) mass is 830 g/mol. The normalized spacial score (nSPS) is 46.0. The smallest absolute Gasteiger partial charge is 0.408 e.